The van der Waals surface area contributed by atoms with Gasteiger partial charge in [-0.25, -0.2) is 0 Å². The third-order valence-electron chi connectivity index (χ3n) is 10.6. The molecule has 3 aromatic rings. The van der Waals surface area contributed by atoms with Gasteiger partial charge in [-0.15, -0.1) is 0 Å². The van der Waals surface area contributed by atoms with E-state index in [1.165, 1.54) is 45.9 Å². The molecule has 0 heterocycles. The Hall–Kier alpha value is -1.93. The summed E-state index contributed by atoms with van der Waals surface area (Å²) in [5.41, 5.74) is 10.1. The molecule has 0 nitrogen and oxygen atoms in total. The number of allylic oxidation sites excluding steroid dienone is 4. The van der Waals surface area contributed by atoms with E-state index < -0.39 is 24.7 Å². The van der Waals surface area contributed by atoms with E-state index >= 15 is 0 Å². The van der Waals surface area contributed by atoms with Crippen LogP contribution in [0.15, 0.2) is 112 Å². The van der Waals surface area contributed by atoms with Gasteiger partial charge in [0.1, 0.15) is 0 Å². The first kappa shape index (κ1) is 29.6. The molecule has 3 aromatic carbocycles. The van der Waals surface area contributed by atoms with Crippen LogP contribution in [0.1, 0.15) is 70.1 Å². The van der Waals surface area contributed by atoms with E-state index in [0.717, 1.165) is 0 Å². The van der Waals surface area contributed by atoms with E-state index in [4.69, 9.17) is 0 Å². The van der Waals surface area contributed by atoms with Crippen LogP contribution in [0.5, 0.6) is 0 Å². The van der Waals surface area contributed by atoms with Gasteiger partial charge in [-0.2, -0.15) is 0 Å². The Morgan fingerprint density at radius 2 is 1.10 bits per heavy atom. The predicted molar refractivity (Wildman–Crippen MR) is 174 cm³/mol. The average molecular weight is 583 g/mol. The number of hydrogen-bond acceptors (Lipinski definition) is 0. The van der Waals surface area contributed by atoms with Gasteiger partial charge in [0.2, 0.25) is 0 Å². The summed E-state index contributed by atoms with van der Waals surface area (Å²) in [4.78, 5) is 0. The molecule has 0 spiro atoms. The molecule has 0 saturated heterocycles. The van der Waals surface area contributed by atoms with E-state index in [-0.39, 0.29) is 0 Å². The molecular weight excluding hydrogens is 532 g/mol. The van der Waals surface area contributed by atoms with Crippen LogP contribution in [-0.4, -0.2) is 8.07 Å². The van der Waals surface area contributed by atoms with Crippen molar-refractivity contribution in [2.24, 2.45) is 5.92 Å². The Balaban J connectivity index is 1.72. The summed E-state index contributed by atoms with van der Waals surface area (Å²) >= 11 is -2.82. The van der Waals surface area contributed by atoms with Gasteiger partial charge in [-0.1, -0.05) is 0 Å². The maximum atomic E-state index is 2.66. The molecule has 2 aliphatic carbocycles. The van der Waals surface area contributed by atoms with Crippen LogP contribution in [0.25, 0.3) is 0 Å². The molecule has 0 aromatic heterocycles. The molecule has 210 valence electrons. The second-order valence-corrected chi connectivity index (χ2v) is 26.5. The van der Waals surface area contributed by atoms with Crippen LogP contribution in [-0.2, 0) is 30.8 Å². The normalized spacial score (nSPS) is 18.3. The maximum absolute atomic E-state index is 2.82. The van der Waals surface area contributed by atoms with Crippen LogP contribution in [0.2, 0.25) is 24.2 Å². The first-order chi connectivity index (χ1) is 19.1. The molecule has 0 radical (unpaired) electrons. The van der Waals surface area contributed by atoms with Crippen LogP contribution in [0.4, 0.5) is 0 Å². The molecule has 1 atom stereocenters. The second-order valence-electron chi connectivity index (χ2n) is 14.4. The zero-order valence-electron chi connectivity index (χ0n) is 25.9. The SMILES string of the molecule is CC1=[C]([Ti]([CH2]c2ccccc2)([CH2]c2ccccc2)[CH2]c2ccccc2)C2=C(CCCC2)C1C[Si](C)(C)C(C)(C)C. The van der Waals surface area contributed by atoms with Crippen molar-refractivity contribution < 1.29 is 16.6 Å². The van der Waals surface area contributed by atoms with Gasteiger partial charge >= 0.3 is 251 Å². The van der Waals surface area contributed by atoms with Crippen molar-refractivity contribution in [2.45, 2.75) is 91.7 Å². The van der Waals surface area contributed by atoms with E-state index in [1.54, 1.807) is 22.3 Å². The van der Waals surface area contributed by atoms with Gasteiger partial charge in [-0.3, -0.25) is 0 Å². The van der Waals surface area contributed by atoms with Crippen molar-refractivity contribution in [1.82, 2.24) is 0 Å². The van der Waals surface area contributed by atoms with E-state index in [0.29, 0.717) is 11.0 Å². The van der Waals surface area contributed by atoms with Crippen LogP contribution < -0.4 is 0 Å². The molecule has 0 amide bonds. The van der Waals surface area contributed by atoms with Crippen LogP contribution in [0, 0.1) is 5.92 Å². The minimum absolute atomic E-state index is 0.419. The van der Waals surface area contributed by atoms with Crippen molar-refractivity contribution in [3.63, 3.8) is 0 Å². The molecular formula is C38H50SiTi. The second kappa shape index (κ2) is 12.1. The third kappa shape index (κ3) is 6.28. The van der Waals surface area contributed by atoms with Gasteiger partial charge in [0.05, 0.1) is 0 Å². The number of rotatable bonds is 9. The molecule has 5 rings (SSSR count). The van der Waals surface area contributed by atoms with Gasteiger partial charge in [0.25, 0.3) is 0 Å². The first-order valence-corrected chi connectivity index (χ1v) is 23.0. The van der Waals surface area contributed by atoms with Crippen molar-refractivity contribution in [3.8, 4) is 0 Å². The van der Waals surface area contributed by atoms with E-state index in [9.17, 15) is 0 Å². The van der Waals surface area contributed by atoms with Gasteiger partial charge in [0.15, 0.2) is 0 Å². The summed E-state index contributed by atoms with van der Waals surface area (Å²) in [6.07, 6.45) is 5.38. The van der Waals surface area contributed by atoms with Gasteiger partial charge < -0.3 is 0 Å². The summed E-state index contributed by atoms with van der Waals surface area (Å²) < 4.78 is 5.72. The molecule has 0 fully saturated rings. The topological polar surface area (TPSA) is 0 Å². The molecule has 0 saturated carbocycles. The molecule has 1 unspecified atom stereocenters. The molecule has 0 bridgehead atoms. The molecule has 2 aliphatic rings. The summed E-state index contributed by atoms with van der Waals surface area (Å²) in [6, 6.07) is 36.0. The Bertz CT molecular complexity index is 1240. The quantitative estimate of drug-likeness (QED) is 0.220. The van der Waals surface area contributed by atoms with Crippen molar-refractivity contribution in [2.75, 3.05) is 0 Å². The van der Waals surface area contributed by atoms with Gasteiger partial charge in [0, 0.05) is 0 Å². The molecule has 2 heteroatoms. The number of benzene rings is 3. The predicted octanol–water partition coefficient (Wildman–Crippen LogP) is 11.0. The van der Waals surface area contributed by atoms with Crippen molar-refractivity contribution in [1.29, 1.82) is 0 Å². The van der Waals surface area contributed by atoms with Crippen molar-refractivity contribution >= 4 is 8.07 Å². The van der Waals surface area contributed by atoms with Crippen LogP contribution in [0.3, 0.4) is 0 Å². The summed E-state index contributed by atoms with van der Waals surface area (Å²) in [5, 5.41) is 0.419. The van der Waals surface area contributed by atoms with Gasteiger partial charge in [-0.05, 0) is 0 Å². The first-order valence-electron chi connectivity index (χ1n) is 15.6. The third-order valence-corrected chi connectivity index (χ3v) is 23.9. The Morgan fingerprint density at radius 1 is 0.675 bits per heavy atom. The Kier molecular flexibility index (Phi) is 8.96. The zero-order valence-corrected chi connectivity index (χ0v) is 28.5. The molecule has 0 N–H and O–H groups in total. The standard InChI is InChI=1S/C17H29Si.3C7H7.Ti/c1-13-11-14-9-7-8-10-15(14)16(13)12-18(5,6)17(2,3)4;3*1-7-5-3-2-4-6-7;/h16H,7-10,12H2,1-6H3;3*2-6H,1H2;. The Labute approximate surface area is 249 Å². The molecule has 40 heavy (non-hydrogen) atoms. The monoisotopic (exact) mass is 582 g/mol. The summed E-state index contributed by atoms with van der Waals surface area (Å²) in [6.45, 7) is 15.4. The number of hydrogen-bond donors (Lipinski definition) is 0. The summed E-state index contributed by atoms with van der Waals surface area (Å²) in [7, 11) is -1.45. The average Bonchev–Trinajstić information content (AvgIpc) is 3.21. The minimum atomic E-state index is -2.82. The van der Waals surface area contributed by atoms with Crippen LogP contribution >= 0.6 is 0 Å². The fraction of sp³-hybridized carbons (Fsp3) is 0.421. The zero-order chi connectivity index (χ0) is 28.4. The van der Waals surface area contributed by atoms with E-state index in [2.05, 4.69) is 132 Å². The van der Waals surface area contributed by atoms with E-state index in [1.807, 2.05) is 15.0 Å². The fourth-order valence-corrected chi connectivity index (χ4v) is 18.9. The summed E-state index contributed by atoms with van der Waals surface area (Å²) in [5.74, 6) is 0.679. The fourth-order valence-electron chi connectivity index (χ4n) is 7.52. The molecule has 0 aliphatic heterocycles. The Morgan fingerprint density at radius 3 is 1.52 bits per heavy atom. The van der Waals surface area contributed by atoms with Crippen molar-refractivity contribution in [3.05, 3.63) is 128 Å².